The maximum atomic E-state index is 11.8. The van der Waals surface area contributed by atoms with Crippen molar-refractivity contribution in [2.24, 2.45) is 0 Å². The average molecular weight is 303 g/mol. The highest BCUT2D eigenvalue weighted by Gasteiger charge is 2.27. The molecule has 0 aromatic heterocycles. The second-order valence-corrected chi connectivity index (χ2v) is 4.64. The second kappa shape index (κ2) is 9.03. The van der Waals surface area contributed by atoms with Gasteiger partial charge in [-0.15, -0.1) is 0 Å². The van der Waals surface area contributed by atoms with Crippen LogP contribution in [-0.2, 0) is 19.2 Å². The zero-order chi connectivity index (χ0) is 16.6. The summed E-state index contributed by atoms with van der Waals surface area (Å²) in [4.78, 5) is 44.6. The van der Waals surface area contributed by atoms with E-state index in [9.17, 15) is 29.4 Å². The Kier molecular flexibility index (Phi) is 8.17. The molecule has 0 aliphatic carbocycles. The minimum Gasteiger partial charge on any atom is -0.391 e. The average Bonchev–Trinajstić information content (AvgIpc) is 2.40. The van der Waals surface area contributed by atoms with Gasteiger partial charge in [-0.25, -0.2) is 0 Å². The SMILES string of the molecule is CC(NC(=O)C(NC=O)C(C)O)C(=O)NC(C=O)C(C)O. The smallest absolute Gasteiger partial charge is 0.245 e. The number of amides is 3. The quantitative estimate of drug-likeness (QED) is 0.288. The van der Waals surface area contributed by atoms with Gasteiger partial charge in [0.25, 0.3) is 0 Å². The predicted molar refractivity (Wildman–Crippen MR) is 71.9 cm³/mol. The highest BCUT2D eigenvalue weighted by atomic mass is 16.3. The van der Waals surface area contributed by atoms with Crippen molar-refractivity contribution in [2.45, 2.75) is 51.1 Å². The normalized spacial score (nSPS) is 17.6. The molecule has 0 fully saturated rings. The van der Waals surface area contributed by atoms with E-state index >= 15 is 0 Å². The Labute approximate surface area is 122 Å². The fourth-order valence-corrected chi connectivity index (χ4v) is 1.43. The monoisotopic (exact) mass is 303 g/mol. The van der Waals surface area contributed by atoms with E-state index in [2.05, 4.69) is 16.0 Å². The van der Waals surface area contributed by atoms with Gasteiger partial charge in [0.15, 0.2) is 0 Å². The Morgan fingerprint density at radius 1 is 0.952 bits per heavy atom. The number of carbonyl (C=O) groups excluding carboxylic acids is 4. The third kappa shape index (κ3) is 6.32. The molecule has 9 heteroatoms. The van der Waals surface area contributed by atoms with Gasteiger partial charge in [-0.3, -0.25) is 14.4 Å². The van der Waals surface area contributed by atoms with Crippen molar-refractivity contribution in [3.8, 4) is 0 Å². The molecule has 5 atom stereocenters. The summed E-state index contributed by atoms with van der Waals surface area (Å²) in [5.74, 6) is -1.43. The minimum absolute atomic E-state index is 0.261. The molecule has 5 unspecified atom stereocenters. The maximum Gasteiger partial charge on any atom is 0.245 e. The summed E-state index contributed by atoms with van der Waals surface area (Å²) in [5, 5.41) is 25.3. The number of nitrogens with one attached hydrogen (secondary N) is 3. The van der Waals surface area contributed by atoms with E-state index in [1.165, 1.54) is 20.8 Å². The Hall–Kier alpha value is -2.00. The minimum atomic E-state index is -1.20. The zero-order valence-corrected chi connectivity index (χ0v) is 12.1. The molecule has 0 aromatic rings. The molecule has 9 nitrogen and oxygen atoms in total. The van der Waals surface area contributed by atoms with Crippen LogP contribution < -0.4 is 16.0 Å². The fourth-order valence-electron chi connectivity index (χ4n) is 1.43. The first-order valence-electron chi connectivity index (χ1n) is 6.36. The Morgan fingerprint density at radius 3 is 1.90 bits per heavy atom. The van der Waals surface area contributed by atoms with E-state index in [0.29, 0.717) is 6.29 Å². The summed E-state index contributed by atoms with van der Waals surface area (Å²) in [7, 11) is 0. The molecule has 0 aliphatic heterocycles. The zero-order valence-electron chi connectivity index (χ0n) is 12.1. The summed E-state index contributed by atoms with van der Waals surface area (Å²) in [6.45, 7) is 4.00. The first-order valence-corrected chi connectivity index (χ1v) is 6.36. The van der Waals surface area contributed by atoms with Crippen LogP contribution in [0.2, 0.25) is 0 Å². The molecular weight excluding hydrogens is 282 g/mol. The number of hydrogen-bond donors (Lipinski definition) is 5. The first kappa shape index (κ1) is 19.0. The van der Waals surface area contributed by atoms with Crippen molar-refractivity contribution < 1.29 is 29.4 Å². The van der Waals surface area contributed by atoms with E-state index in [1.807, 2.05) is 0 Å². The molecule has 0 heterocycles. The Bertz CT molecular complexity index is 385. The summed E-state index contributed by atoms with van der Waals surface area (Å²) in [6, 6.07) is -3.30. The lowest BCUT2D eigenvalue weighted by molar-refractivity contribution is -0.133. The molecule has 0 saturated heterocycles. The molecule has 5 N–H and O–H groups in total. The number of aliphatic hydroxyl groups is 2. The molecule has 0 aliphatic rings. The summed E-state index contributed by atoms with van der Waals surface area (Å²) in [6.07, 6.45) is -1.58. The number of aldehydes is 1. The number of aliphatic hydroxyl groups excluding tert-OH is 2. The van der Waals surface area contributed by atoms with Gasteiger partial charge in [0.05, 0.1) is 12.2 Å². The lowest BCUT2D eigenvalue weighted by Crippen LogP contribution is -2.56. The Morgan fingerprint density at radius 2 is 1.52 bits per heavy atom. The van der Waals surface area contributed by atoms with E-state index in [0.717, 1.165) is 0 Å². The van der Waals surface area contributed by atoms with E-state index in [-0.39, 0.29) is 6.41 Å². The van der Waals surface area contributed by atoms with Gasteiger partial charge in [0.2, 0.25) is 18.2 Å². The van der Waals surface area contributed by atoms with Crippen LogP contribution in [-0.4, -0.2) is 65.1 Å². The molecule has 0 aromatic carbocycles. The first-order chi connectivity index (χ1) is 9.74. The van der Waals surface area contributed by atoms with Crippen LogP contribution in [0.5, 0.6) is 0 Å². The van der Waals surface area contributed by atoms with Crippen molar-refractivity contribution in [2.75, 3.05) is 0 Å². The van der Waals surface area contributed by atoms with Gasteiger partial charge >= 0.3 is 0 Å². The molecule has 0 bridgehead atoms. The molecule has 21 heavy (non-hydrogen) atoms. The van der Waals surface area contributed by atoms with Crippen molar-refractivity contribution in [1.29, 1.82) is 0 Å². The van der Waals surface area contributed by atoms with Crippen LogP contribution in [0.15, 0.2) is 0 Å². The highest BCUT2D eigenvalue weighted by molar-refractivity contribution is 5.91. The van der Waals surface area contributed by atoms with Crippen LogP contribution in [0.3, 0.4) is 0 Å². The number of rotatable bonds is 9. The second-order valence-electron chi connectivity index (χ2n) is 4.64. The van der Waals surface area contributed by atoms with E-state index in [4.69, 9.17) is 0 Å². The van der Waals surface area contributed by atoms with Gasteiger partial charge < -0.3 is 31.0 Å². The molecule has 0 spiro atoms. The maximum absolute atomic E-state index is 11.8. The standard InChI is InChI=1S/C12H21N3O6/c1-6(11(20)15-9(4-16)7(2)18)14-12(21)10(8(3)19)13-5-17/h4-10,18-19H,1-3H3,(H,13,17)(H,14,21)(H,15,20). The summed E-state index contributed by atoms with van der Waals surface area (Å²) >= 11 is 0. The molecule has 3 amide bonds. The molecular formula is C12H21N3O6. The van der Waals surface area contributed by atoms with Crippen molar-refractivity contribution in [3.05, 3.63) is 0 Å². The van der Waals surface area contributed by atoms with Crippen molar-refractivity contribution in [3.63, 3.8) is 0 Å². The fraction of sp³-hybridized carbons (Fsp3) is 0.667. The largest absolute Gasteiger partial charge is 0.391 e. The van der Waals surface area contributed by atoms with Crippen molar-refractivity contribution in [1.82, 2.24) is 16.0 Å². The summed E-state index contributed by atoms with van der Waals surface area (Å²) < 4.78 is 0. The summed E-state index contributed by atoms with van der Waals surface area (Å²) in [5.41, 5.74) is 0. The predicted octanol–water partition coefficient (Wildman–Crippen LogP) is -2.95. The number of carbonyl (C=O) groups is 4. The highest BCUT2D eigenvalue weighted by Crippen LogP contribution is 1.95. The molecule has 0 rings (SSSR count). The Balaban J connectivity index is 4.61. The van der Waals surface area contributed by atoms with Gasteiger partial charge in [-0.05, 0) is 20.8 Å². The van der Waals surface area contributed by atoms with Crippen LogP contribution in [0.1, 0.15) is 20.8 Å². The van der Waals surface area contributed by atoms with Crippen LogP contribution in [0.25, 0.3) is 0 Å². The van der Waals surface area contributed by atoms with Gasteiger partial charge in [-0.1, -0.05) is 0 Å². The molecule has 0 saturated carbocycles. The van der Waals surface area contributed by atoms with Crippen LogP contribution in [0.4, 0.5) is 0 Å². The topological polar surface area (TPSA) is 145 Å². The third-order valence-corrected chi connectivity index (χ3v) is 2.74. The van der Waals surface area contributed by atoms with Crippen molar-refractivity contribution >= 4 is 24.5 Å². The van der Waals surface area contributed by atoms with E-state index < -0.39 is 42.1 Å². The van der Waals surface area contributed by atoms with Gasteiger partial charge in [-0.2, -0.15) is 0 Å². The van der Waals surface area contributed by atoms with Crippen LogP contribution in [0, 0.1) is 0 Å². The lowest BCUT2D eigenvalue weighted by atomic mass is 10.1. The van der Waals surface area contributed by atoms with Crippen LogP contribution >= 0.6 is 0 Å². The van der Waals surface area contributed by atoms with Gasteiger partial charge in [0, 0.05) is 0 Å². The molecule has 120 valence electrons. The number of hydrogen-bond acceptors (Lipinski definition) is 6. The molecule has 0 radical (unpaired) electrons. The third-order valence-electron chi connectivity index (χ3n) is 2.74. The van der Waals surface area contributed by atoms with E-state index in [1.54, 1.807) is 0 Å². The van der Waals surface area contributed by atoms with Gasteiger partial charge in [0.1, 0.15) is 24.4 Å². The lowest BCUT2D eigenvalue weighted by Gasteiger charge is -2.23.